The summed E-state index contributed by atoms with van der Waals surface area (Å²) in [5.41, 5.74) is 3.51. The second-order valence-corrected chi connectivity index (χ2v) is 6.16. The third-order valence-electron chi connectivity index (χ3n) is 4.45. The molecule has 0 unspecified atom stereocenters. The molecule has 2 amide bonds. The van der Waals surface area contributed by atoms with Crippen LogP contribution in [-0.4, -0.2) is 37.2 Å². The number of carbonyl (C=O) groups is 1. The van der Waals surface area contributed by atoms with E-state index in [9.17, 15) is 4.79 Å². The fraction of sp³-hybridized carbons (Fsp3) is 0.611. The van der Waals surface area contributed by atoms with E-state index in [-0.39, 0.29) is 6.03 Å². The van der Waals surface area contributed by atoms with Gasteiger partial charge in [-0.3, -0.25) is 0 Å². The summed E-state index contributed by atoms with van der Waals surface area (Å²) >= 11 is 0. The number of benzene rings is 1. The van der Waals surface area contributed by atoms with Gasteiger partial charge in [0.25, 0.3) is 0 Å². The highest BCUT2D eigenvalue weighted by molar-refractivity contribution is 5.74. The standard InChI is InChI=1S/C18H26N2O3/c1-3-7-20(8-4-2)18(21)19-12-15-14-6-10-22-16(14)11-13-5-9-23-17(13)15/h11H,3-10,12H2,1-2H3,(H,19,21). The van der Waals surface area contributed by atoms with Crippen LogP contribution in [-0.2, 0) is 19.4 Å². The number of urea groups is 1. The molecule has 0 aliphatic carbocycles. The van der Waals surface area contributed by atoms with Crippen LogP contribution in [0, 0.1) is 0 Å². The molecule has 0 saturated carbocycles. The Bertz CT molecular complexity index is 548. The van der Waals surface area contributed by atoms with Crippen molar-refractivity contribution in [3.05, 3.63) is 22.8 Å². The molecule has 0 aromatic heterocycles. The lowest BCUT2D eigenvalue weighted by molar-refractivity contribution is 0.197. The third kappa shape index (κ3) is 3.23. The zero-order valence-corrected chi connectivity index (χ0v) is 14.1. The van der Waals surface area contributed by atoms with Gasteiger partial charge in [-0.15, -0.1) is 0 Å². The normalized spacial score (nSPS) is 14.7. The van der Waals surface area contributed by atoms with Crippen molar-refractivity contribution in [1.82, 2.24) is 10.2 Å². The van der Waals surface area contributed by atoms with E-state index in [1.54, 1.807) is 0 Å². The van der Waals surface area contributed by atoms with Crippen molar-refractivity contribution >= 4 is 6.03 Å². The molecular weight excluding hydrogens is 292 g/mol. The quantitative estimate of drug-likeness (QED) is 0.877. The molecular formula is C18H26N2O3. The molecule has 5 nitrogen and oxygen atoms in total. The predicted molar refractivity (Wildman–Crippen MR) is 89.2 cm³/mol. The van der Waals surface area contributed by atoms with Gasteiger partial charge in [-0.25, -0.2) is 4.79 Å². The van der Waals surface area contributed by atoms with Crippen LogP contribution in [0.1, 0.15) is 43.4 Å². The topological polar surface area (TPSA) is 50.8 Å². The Hall–Kier alpha value is -1.91. The van der Waals surface area contributed by atoms with Crippen molar-refractivity contribution in [2.24, 2.45) is 0 Å². The van der Waals surface area contributed by atoms with Gasteiger partial charge in [0, 0.05) is 49.2 Å². The Labute approximate surface area is 137 Å². The van der Waals surface area contributed by atoms with Crippen LogP contribution in [0.15, 0.2) is 6.07 Å². The van der Waals surface area contributed by atoms with Crippen molar-refractivity contribution in [2.45, 2.75) is 46.1 Å². The van der Waals surface area contributed by atoms with Gasteiger partial charge < -0.3 is 19.7 Å². The van der Waals surface area contributed by atoms with Gasteiger partial charge in [0.15, 0.2) is 0 Å². The first kappa shape index (κ1) is 16.0. The number of nitrogens with zero attached hydrogens (tertiary/aromatic N) is 1. The number of hydrogen-bond donors (Lipinski definition) is 1. The summed E-state index contributed by atoms with van der Waals surface area (Å²) in [5, 5.41) is 3.08. The number of amides is 2. The Morgan fingerprint density at radius 2 is 1.91 bits per heavy atom. The van der Waals surface area contributed by atoms with Crippen LogP contribution >= 0.6 is 0 Å². The van der Waals surface area contributed by atoms with Crippen molar-refractivity contribution in [3.63, 3.8) is 0 Å². The minimum absolute atomic E-state index is 0.0111. The Balaban J connectivity index is 1.74. The van der Waals surface area contributed by atoms with Crippen LogP contribution in [0.25, 0.3) is 0 Å². The molecule has 3 rings (SSSR count). The number of hydrogen-bond acceptors (Lipinski definition) is 3. The number of ether oxygens (including phenoxy) is 2. The first-order valence-electron chi connectivity index (χ1n) is 8.70. The summed E-state index contributed by atoms with van der Waals surface area (Å²) in [5.74, 6) is 1.93. The molecule has 0 radical (unpaired) electrons. The summed E-state index contributed by atoms with van der Waals surface area (Å²) < 4.78 is 11.5. The second kappa shape index (κ2) is 7.11. The van der Waals surface area contributed by atoms with Gasteiger partial charge in [0.2, 0.25) is 0 Å². The molecule has 23 heavy (non-hydrogen) atoms. The summed E-state index contributed by atoms with van der Waals surface area (Å²) in [4.78, 5) is 14.3. The van der Waals surface area contributed by atoms with Crippen molar-refractivity contribution < 1.29 is 14.3 Å². The zero-order chi connectivity index (χ0) is 16.2. The van der Waals surface area contributed by atoms with E-state index in [4.69, 9.17) is 9.47 Å². The maximum absolute atomic E-state index is 12.4. The van der Waals surface area contributed by atoms with Crippen LogP contribution in [0.2, 0.25) is 0 Å². The molecule has 0 atom stereocenters. The maximum Gasteiger partial charge on any atom is 0.317 e. The summed E-state index contributed by atoms with van der Waals surface area (Å²) in [6.07, 6.45) is 3.76. The Morgan fingerprint density at radius 3 is 2.65 bits per heavy atom. The molecule has 0 spiro atoms. The molecule has 0 bridgehead atoms. The van der Waals surface area contributed by atoms with E-state index in [0.717, 1.165) is 69.0 Å². The number of nitrogens with one attached hydrogen (secondary N) is 1. The second-order valence-electron chi connectivity index (χ2n) is 6.16. The lowest BCUT2D eigenvalue weighted by Crippen LogP contribution is -2.40. The largest absolute Gasteiger partial charge is 0.493 e. The van der Waals surface area contributed by atoms with Gasteiger partial charge in [0.05, 0.1) is 13.2 Å². The molecule has 0 fully saturated rings. The monoisotopic (exact) mass is 318 g/mol. The molecule has 1 aromatic rings. The first-order chi connectivity index (χ1) is 11.2. The highest BCUT2D eigenvalue weighted by atomic mass is 16.5. The fourth-order valence-electron chi connectivity index (χ4n) is 3.40. The molecule has 1 aromatic carbocycles. The molecule has 126 valence electrons. The van der Waals surface area contributed by atoms with Gasteiger partial charge in [0.1, 0.15) is 11.5 Å². The van der Waals surface area contributed by atoms with Crippen LogP contribution in [0.3, 0.4) is 0 Å². The smallest absolute Gasteiger partial charge is 0.317 e. The van der Waals surface area contributed by atoms with Gasteiger partial charge >= 0.3 is 6.03 Å². The van der Waals surface area contributed by atoms with E-state index in [2.05, 4.69) is 25.2 Å². The summed E-state index contributed by atoms with van der Waals surface area (Å²) in [7, 11) is 0. The highest BCUT2D eigenvalue weighted by Gasteiger charge is 2.26. The van der Waals surface area contributed by atoms with Crippen molar-refractivity contribution in [1.29, 1.82) is 0 Å². The number of fused-ring (bicyclic) bond motifs is 2. The lowest BCUT2D eigenvalue weighted by Gasteiger charge is -2.22. The predicted octanol–water partition coefficient (Wildman–Crippen LogP) is 2.89. The third-order valence-corrected chi connectivity index (χ3v) is 4.45. The SMILES string of the molecule is CCCN(CCC)C(=O)NCc1c2c(cc3c1OCC3)OCC2. The average molecular weight is 318 g/mol. The molecule has 2 aliphatic rings. The van der Waals surface area contributed by atoms with Crippen LogP contribution in [0.4, 0.5) is 4.79 Å². The maximum atomic E-state index is 12.4. The fourth-order valence-corrected chi connectivity index (χ4v) is 3.40. The molecule has 5 heteroatoms. The zero-order valence-electron chi connectivity index (χ0n) is 14.1. The minimum Gasteiger partial charge on any atom is -0.493 e. The average Bonchev–Trinajstić information content (AvgIpc) is 3.19. The van der Waals surface area contributed by atoms with E-state index >= 15 is 0 Å². The first-order valence-corrected chi connectivity index (χ1v) is 8.70. The van der Waals surface area contributed by atoms with E-state index in [1.807, 2.05) is 4.90 Å². The van der Waals surface area contributed by atoms with Gasteiger partial charge in [-0.1, -0.05) is 13.8 Å². The van der Waals surface area contributed by atoms with Crippen molar-refractivity contribution in [2.75, 3.05) is 26.3 Å². The minimum atomic E-state index is 0.0111. The molecule has 1 N–H and O–H groups in total. The Kier molecular flexibility index (Phi) is 4.94. The van der Waals surface area contributed by atoms with Gasteiger partial charge in [-0.2, -0.15) is 0 Å². The highest BCUT2D eigenvalue weighted by Crippen LogP contribution is 2.40. The summed E-state index contributed by atoms with van der Waals surface area (Å²) in [6.45, 7) is 7.73. The number of carbonyl (C=O) groups excluding carboxylic acids is 1. The molecule has 2 heterocycles. The molecule has 0 saturated heterocycles. The van der Waals surface area contributed by atoms with E-state index < -0.39 is 0 Å². The Morgan fingerprint density at radius 1 is 1.17 bits per heavy atom. The lowest BCUT2D eigenvalue weighted by atomic mass is 9.99. The van der Waals surface area contributed by atoms with E-state index in [1.165, 1.54) is 11.1 Å². The van der Waals surface area contributed by atoms with Crippen LogP contribution in [0.5, 0.6) is 11.5 Å². The van der Waals surface area contributed by atoms with Crippen molar-refractivity contribution in [3.8, 4) is 11.5 Å². The van der Waals surface area contributed by atoms with Gasteiger partial charge in [-0.05, 0) is 18.9 Å². The van der Waals surface area contributed by atoms with E-state index in [0.29, 0.717) is 6.54 Å². The van der Waals surface area contributed by atoms with Crippen LogP contribution < -0.4 is 14.8 Å². The molecule has 2 aliphatic heterocycles. The summed E-state index contributed by atoms with van der Waals surface area (Å²) in [6, 6.07) is 2.12. The number of rotatable bonds is 6.